The summed E-state index contributed by atoms with van der Waals surface area (Å²) in [5.74, 6) is 1.50. The molecular weight excluding hydrogens is 430 g/mol. The summed E-state index contributed by atoms with van der Waals surface area (Å²) in [6, 6.07) is 16.4. The van der Waals surface area contributed by atoms with E-state index in [4.69, 9.17) is 16.3 Å². The summed E-state index contributed by atoms with van der Waals surface area (Å²) in [7, 11) is 0. The molecule has 1 fully saturated rings. The Hall–Kier alpha value is -2.61. The van der Waals surface area contributed by atoms with Crippen LogP contribution >= 0.6 is 23.4 Å². The van der Waals surface area contributed by atoms with Gasteiger partial charge in [-0.15, -0.1) is 10.2 Å². The Morgan fingerprint density at radius 3 is 2.65 bits per heavy atom. The zero-order chi connectivity index (χ0) is 21.2. The summed E-state index contributed by atoms with van der Waals surface area (Å²) < 4.78 is 7.65. The molecule has 1 aliphatic heterocycles. The normalized spacial score (nSPS) is 14.3. The number of aryl methyl sites for hydroxylation is 1. The second kappa shape index (κ2) is 8.86. The quantitative estimate of drug-likeness (QED) is 0.402. The van der Waals surface area contributed by atoms with E-state index in [1.165, 1.54) is 5.56 Å². The summed E-state index contributed by atoms with van der Waals surface area (Å²) in [5.41, 5.74) is 4.20. The van der Waals surface area contributed by atoms with Gasteiger partial charge in [0.1, 0.15) is 0 Å². The summed E-state index contributed by atoms with van der Waals surface area (Å²) in [4.78, 5) is 6.79. The fourth-order valence-corrected chi connectivity index (χ4v) is 4.98. The van der Waals surface area contributed by atoms with Crippen LogP contribution in [0.4, 0.5) is 5.95 Å². The monoisotopic (exact) mass is 451 g/mol. The van der Waals surface area contributed by atoms with Crippen LogP contribution in [0.15, 0.2) is 59.9 Å². The van der Waals surface area contributed by atoms with Gasteiger partial charge in [-0.25, -0.2) is 0 Å². The van der Waals surface area contributed by atoms with Crippen molar-refractivity contribution in [1.29, 1.82) is 0 Å². The van der Waals surface area contributed by atoms with Gasteiger partial charge in [-0.05, 0) is 31.2 Å². The van der Waals surface area contributed by atoms with Crippen molar-refractivity contribution in [2.45, 2.75) is 17.8 Å². The largest absolute Gasteiger partial charge is 0.378 e. The Morgan fingerprint density at radius 2 is 1.84 bits per heavy atom. The molecule has 0 bridgehead atoms. The number of hydrogen-bond donors (Lipinski definition) is 0. The molecule has 0 spiro atoms. The maximum absolute atomic E-state index is 6.55. The molecule has 8 heteroatoms. The molecule has 2 aromatic carbocycles. The molecule has 0 atom stereocenters. The van der Waals surface area contributed by atoms with Crippen molar-refractivity contribution < 1.29 is 4.74 Å². The van der Waals surface area contributed by atoms with Gasteiger partial charge >= 0.3 is 0 Å². The van der Waals surface area contributed by atoms with Gasteiger partial charge in [0.2, 0.25) is 5.95 Å². The van der Waals surface area contributed by atoms with Crippen molar-refractivity contribution in [1.82, 2.24) is 19.7 Å². The predicted molar refractivity (Wildman–Crippen MR) is 125 cm³/mol. The van der Waals surface area contributed by atoms with E-state index in [1.54, 1.807) is 18.0 Å². The summed E-state index contributed by atoms with van der Waals surface area (Å²) in [6.07, 6.45) is 1.80. The second-order valence-electron chi connectivity index (χ2n) is 7.44. The van der Waals surface area contributed by atoms with Crippen molar-refractivity contribution >= 4 is 40.2 Å². The van der Waals surface area contributed by atoms with Crippen LogP contribution in [0, 0.1) is 6.92 Å². The number of rotatable bonds is 5. The van der Waals surface area contributed by atoms with E-state index in [2.05, 4.69) is 61.9 Å². The summed E-state index contributed by atoms with van der Waals surface area (Å²) in [6.45, 7) is 5.08. The maximum atomic E-state index is 6.55. The highest BCUT2D eigenvalue weighted by atomic mass is 35.5. The van der Waals surface area contributed by atoms with Gasteiger partial charge in [-0.2, -0.15) is 0 Å². The van der Waals surface area contributed by atoms with Crippen LogP contribution in [-0.2, 0) is 10.5 Å². The number of fused-ring (bicyclic) bond motifs is 1. The first-order chi connectivity index (χ1) is 15.2. The fraction of sp³-hybridized carbons (Fsp3) is 0.261. The minimum atomic E-state index is 0.653. The number of ether oxygens (including phenoxy) is 1. The van der Waals surface area contributed by atoms with Gasteiger partial charge in [-0.3, -0.25) is 9.55 Å². The molecule has 0 aliphatic carbocycles. The number of thioether (sulfide) groups is 1. The van der Waals surface area contributed by atoms with E-state index in [0.29, 0.717) is 24.0 Å². The van der Waals surface area contributed by atoms with Crippen LogP contribution in [0.3, 0.4) is 0 Å². The minimum absolute atomic E-state index is 0.653. The molecule has 0 radical (unpaired) electrons. The molecule has 3 heterocycles. The molecule has 0 N–H and O–H groups in total. The third kappa shape index (κ3) is 4.13. The number of pyridine rings is 1. The SMILES string of the molecule is Cc1ccc(-n2c(SCc3c(Cl)ccc4cccnc34)nnc2N2CCOCC2)cc1. The highest BCUT2D eigenvalue weighted by Gasteiger charge is 2.22. The van der Waals surface area contributed by atoms with Crippen molar-refractivity contribution in [2.75, 3.05) is 31.2 Å². The highest BCUT2D eigenvalue weighted by molar-refractivity contribution is 7.98. The Morgan fingerprint density at radius 1 is 1.03 bits per heavy atom. The van der Waals surface area contributed by atoms with E-state index >= 15 is 0 Å². The number of nitrogens with zero attached hydrogens (tertiary/aromatic N) is 5. The average molecular weight is 452 g/mol. The van der Waals surface area contributed by atoms with Crippen LogP contribution in [0.2, 0.25) is 5.02 Å². The molecule has 4 aromatic rings. The molecule has 2 aromatic heterocycles. The van der Waals surface area contributed by atoms with Crippen LogP contribution in [0.5, 0.6) is 0 Å². The lowest BCUT2D eigenvalue weighted by atomic mass is 10.1. The van der Waals surface area contributed by atoms with Crippen LogP contribution in [0.1, 0.15) is 11.1 Å². The third-order valence-electron chi connectivity index (χ3n) is 5.37. The van der Waals surface area contributed by atoms with E-state index in [0.717, 1.165) is 46.3 Å². The molecule has 0 saturated carbocycles. The molecule has 158 valence electrons. The minimum Gasteiger partial charge on any atom is -0.378 e. The van der Waals surface area contributed by atoms with Crippen molar-refractivity contribution in [3.8, 4) is 5.69 Å². The Bertz CT molecular complexity index is 1200. The number of aromatic nitrogens is 4. The zero-order valence-corrected chi connectivity index (χ0v) is 18.7. The molecule has 6 nitrogen and oxygen atoms in total. The van der Waals surface area contributed by atoms with Crippen molar-refractivity contribution in [3.63, 3.8) is 0 Å². The maximum Gasteiger partial charge on any atom is 0.232 e. The first kappa shape index (κ1) is 20.3. The lowest BCUT2D eigenvalue weighted by molar-refractivity contribution is 0.122. The average Bonchev–Trinajstić information content (AvgIpc) is 3.23. The molecule has 1 saturated heterocycles. The number of hydrogen-bond acceptors (Lipinski definition) is 6. The van der Waals surface area contributed by atoms with Gasteiger partial charge < -0.3 is 9.64 Å². The summed E-state index contributed by atoms with van der Waals surface area (Å²) >= 11 is 8.17. The number of anilines is 1. The van der Waals surface area contributed by atoms with Gasteiger partial charge in [0.05, 0.1) is 24.4 Å². The highest BCUT2D eigenvalue weighted by Crippen LogP contribution is 2.33. The smallest absolute Gasteiger partial charge is 0.232 e. The van der Waals surface area contributed by atoms with Crippen molar-refractivity contribution in [3.05, 3.63) is 70.9 Å². The zero-order valence-electron chi connectivity index (χ0n) is 17.2. The first-order valence-electron chi connectivity index (χ1n) is 10.2. The lowest BCUT2D eigenvalue weighted by Gasteiger charge is -2.28. The van der Waals surface area contributed by atoms with E-state index in [1.807, 2.05) is 18.2 Å². The number of benzene rings is 2. The Labute approximate surface area is 190 Å². The molecule has 1 aliphatic rings. The Kier molecular flexibility index (Phi) is 5.80. The van der Waals surface area contributed by atoms with Crippen LogP contribution in [-0.4, -0.2) is 46.1 Å². The second-order valence-corrected chi connectivity index (χ2v) is 8.79. The number of morpholine rings is 1. The van der Waals surface area contributed by atoms with Gasteiger partial charge in [0.15, 0.2) is 5.16 Å². The molecule has 5 rings (SSSR count). The molecule has 0 amide bonds. The number of halogens is 1. The van der Waals surface area contributed by atoms with Gasteiger partial charge in [0, 0.05) is 41.0 Å². The first-order valence-corrected chi connectivity index (χ1v) is 11.6. The van der Waals surface area contributed by atoms with Crippen LogP contribution < -0.4 is 4.90 Å². The van der Waals surface area contributed by atoms with Crippen LogP contribution in [0.25, 0.3) is 16.6 Å². The van der Waals surface area contributed by atoms with E-state index in [9.17, 15) is 0 Å². The standard InChI is InChI=1S/C23H22ClN5OS/c1-16-4-7-18(8-5-16)29-22(28-11-13-30-14-12-28)26-27-23(29)31-15-19-20(24)9-6-17-3-2-10-25-21(17)19/h2-10H,11-15H2,1H3. The molecule has 31 heavy (non-hydrogen) atoms. The van der Waals surface area contributed by atoms with E-state index in [-0.39, 0.29) is 0 Å². The Balaban J connectivity index is 1.52. The molecular formula is C23H22ClN5OS. The van der Waals surface area contributed by atoms with Gasteiger partial charge in [0.25, 0.3) is 0 Å². The van der Waals surface area contributed by atoms with E-state index < -0.39 is 0 Å². The topological polar surface area (TPSA) is 56.1 Å². The lowest BCUT2D eigenvalue weighted by Crippen LogP contribution is -2.37. The predicted octanol–water partition coefficient (Wildman–Crippen LogP) is 4.91. The fourth-order valence-electron chi connectivity index (χ4n) is 3.70. The van der Waals surface area contributed by atoms with Gasteiger partial charge in [-0.1, -0.05) is 53.2 Å². The molecule has 0 unspecified atom stereocenters. The third-order valence-corrected chi connectivity index (χ3v) is 6.68. The van der Waals surface area contributed by atoms with Crippen molar-refractivity contribution in [2.24, 2.45) is 0 Å². The summed E-state index contributed by atoms with van der Waals surface area (Å²) in [5, 5.41) is 11.7.